The molecule has 0 radical (unpaired) electrons. The molecule has 1 atom stereocenters. The number of benzene rings is 1. The maximum absolute atomic E-state index is 12.8. The minimum Gasteiger partial charge on any atom is -0.302 e. The van der Waals surface area contributed by atoms with Crippen molar-refractivity contribution in [3.05, 3.63) is 54.4 Å². The number of β-lactam (4-membered cyclic amide) rings is 1. The fourth-order valence-corrected chi connectivity index (χ4v) is 3.88. The molecular formula is C19H22N4O. The number of amides is 1. The number of piperidine rings is 1. The molecule has 5 nitrogen and oxygen atoms in total. The second-order valence-electron chi connectivity index (χ2n) is 6.84. The molecule has 2 aliphatic heterocycles. The van der Waals surface area contributed by atoms with E-state index in [1.165, 1.54) is 5.56 Å². The zero-order valence-corrected chi connectivity index (χ0v) is 13.8. The van der Waals surface area contributed by atoms with Gasteiger partial charge in [0.05, 0.1) is 5.41 Å². The van der Waals surface area contributed by atoms with Crippen molar-refractivity contribution in [2.45, 2.75) is 19.3 Å². The first-order valence-electron chi connectivity index (χ1n) is 8.62. The van der Waals surface area contributed by atoms with Crippen molar-refractivity contribution in [1.82, 2.24) is 14.9 Å². The molecule has 1 amide bonds. The smallest absolute Gasteiger partial charge is 0.238 e. The first-order valence-corrected chi connectivity index (χ1v) is 8.62. The van der Waals surface area contributed by atoms with Crippen LogP contribution >= 0.6 is 0 Å². The lowest BCUT2D eigenvalue weighted by atomic mass is 9.72. The third kappa shape index (κ3) is 2.80. The van der Waals surface area contributed by atoms with Gasteiger partial charge < -0.3 is 4.90 Å². The Hall–Kier alpha value is -2.27. The third-order valence-electron chi connectivity index (χ3n) is 5.17. The van der Waals surface area contributed by atoms with Crippen molar-refractivity contribution in [2.75, 3.05) is 31.1 Å². The van der Waals surface area contributed by atoms with E-state index in [1.54, 1.807) is 23.4 Å². The number of anilines is 1. The summed E-state index contributed by atoms with van der Waals surface area (Å²) in [5.74, 6) is 0.729. The van der Waals surface area contributed by atoms with Crippen LogP contribution in [-0.4, -0.2) is 47.0 Å². The first-order chi connectivity index (χ1) is 11.8. The van der Waals surface area contributed by atoms with Crippen molar-refractivity contribution in [3.63, 3.8) is 0 Å². The molecule has 1 spiro atoms. The van der Waals surface area contributed by atoms with Crippen molar-refractivity contribution in [3.8, 4) is 0 Å². The third-order valence-corrected chi connectivity index (χ3v) is 5.17. The minimum absolute atomic E-state index is 0.193. The van der Waals surface area contributed by atoms with Gasteiger partial charge in [0.1, 0.15) is 0 Å². The molecule has 24 heavy (non-hydrogen) atoms. The Balaban J connectivity index is 1.38. The van der Waals surface area contributed by atoms with Crippen LogP contribution in [-0.2, 0) is 11.2 Å². The van der Waals surface area contributed by atoms with Gasteiger partial charge in [-0.1, -0.05) is 30.3 Å². The van der Waals surface area contributed by atoms with E-state index >= 15 is 0 Å². The molecule has 2 fully saturated rings. The van der Waals surface area contributed by atoms with E-state index in [0.717, 1.165) is 45.4 Å². The van der Waals surface area contributed by atoms with Crippen molar-refractivity contribution in [2.24, 2.45) is 5.41 Å². The molecular weight excluding hydrogens is 300 g/mol. The van der Waals surface area contributed by atoms with Gasteiger partial charge in [0.2, 0.25) is 11.9 Å². The number of hydrogen-bond acceptors (Lipinski definition) is 4. The summed E-state index contributed by atoms with van der Waals surface area (Å²) in [4.78, 5) is 25.4. The lowest BCUT2D eigenvalue weighted by Gasteiger charge is -2.52. The zero-order chi connectivity index (χ0) is 16.4. The summed E-state index contributed by atoms with van der Waals surface area (Å²) >= 11 is 0. The van der Waals surface area contributed by atoms with Crippen molar-refractivity contribution >= 4 is 11.9 Å². The minimum atomic E-state index is -0.214. The van der Waals surface area contributed by atoms with Crippen LogP contribution in [0, 0.1) is 5.41 Å². The van der Waals surface area contributed by atoms with E-state index in [1.807, 2.05) is 6.07 Å². The molecule has 2 aliphatic rings. The lowest BCUT2D eigenvalue weighted by Crippen LogP contribution is -2.67. The van der Waals surface area contributed by atoms with Crippen LogP contribution in [0.15, 0.2) is 48.8 Å². The van der Waals surface area contributed by atoms with Gasteiger partial charge in [-0.2, -0.15) is 0 Å². The van der Waals surface area contributed by atoms with Crippen LogP contribution < -0.4 is 4.90 Å². The number of hydrogen-bond donors (Lipinski definition) is 0. The Kier molecular flexibility index (Phi) is 4.02. The predicted molar refractivity (Wildman–Crippen MR) is 92.6 cm³/mol. The van der Waals surface area contributed by atoms with E-state index in [0.29, 0.717) is 5.95 Å². The van der Waals surface area contributed by atoms with Gasteiger partial charge in [-0.05, 0) is 37.4 Å². The summed E-state index contributed by atoms with van der Waals surface area (Å²) in [7, 11) is 0. The highest BCUT2D eigenvalue weighted by Crippen LogP contribution is 2.41. The van der Waals surface area contributed by atoms with Gasteiger partial charge in [-0.15, -0.1) is 0 Å². The van der Waals surface area contributed by atoms with E-state index in [4.69, 9.17) is 0 Å². The van der Waals surface area contributed by atoms with E-state index in [2.05, 4.69) is 39.1 Å². The molecule has 2 saturated heterocycles. The Morgan fingerprint density at radius 1 is 1.04 bits per heavy atom. The monoisotopic (exact) mass is 322 g/mol. The summed E-state index contributed by atoms with van der Waals surface area (Å²) in [6.07, 6.45) is 6.49. The van der Waals surface area contributed by atoms with E-state index < -0.39 is 0 Å². The molecule has 0 bridgehead atoms. The maximum Gasteiger partial charge on any atom is 0.238 e. The largest absolute Gasteiger partial charge is 0.302 e. The van der Waals surface area contributed by atoms with Gasteiger partial charge in [0.15, 0.2) is 0 Å². The molecule has 4 rings (SSSR count). The zero-order valence-electron chi connectivity index (χ0n) is 13.8. The molecule has 0 aliphatic carbocycles. The topological polar surface area (TPSA) is 49.3 Å². The van der Waals surface area contributed by atoms with E-state index in [-0.39, 0.29) is 11.3 Å². The second kappa shape index (κ2) is 6.32. The van der Waals surface area contributed by atoms with Crippen molar-refractivity contribution in [1.29, 1.82) is 0 Å². The Labute approximate surface area is 142 Å². The molecule has 1 aromatic heterocycles. The van der Waals surface area contributed by atoms with Crippen LogP contribution in [0.5, 0.6) is 0 Å². The molecule has 0 saturated carbocycles. The van der Waals surface area contributed by atoms with Gasteiger partial charge in [0.25, 0.3) is 0 Å². The van der Waals surface area contributed by atoms with Crippen LogP contribution in [0.2, 0.25) is 0 Å². The fraction of sp³-hybridized carbons (Fsp3) is 0.421. The molecule has 3 heterocycles. The highest BCUT2D eigenvalue weighted by atomic mass is 16.2. The van der Waals surface area contributed by atoms with Crippen molar-refractivity contribution < 1.29 is 4.79 Å². The Bertz CT molecular complexity index is 706. The van der Waals surface area contributed by atoms with Crippen LogP contribution in [0.1, 0.15) is 18.4 Å². The number of likely N-dealkylation sites (tertiary alicyclic amines) is 1. The summed E-state index contributed by atoms with van der Waals surface area (Å²) in [6, 6.07) is 12.3. The average Bonchev–Trinajstić information content (AvgIpc) is 2.66. The summed E-state index contributed by atoms with van der Waals surface area (Å²) in [5.41, 5.74) is 1.14. The quantitative estimate of drug-likeness (QED) is 0.809. The lowest BCUT2D eigenvalue weighted by molar-refractivity contribution is -0.139. The van der Waals surface area contributed by atoms with E-state index in [9.17, 15) is 4.79 Å². The van der Waals surface area contributed by atoms with Crippen LogP contribution in [0.4, 0.5) is 5.95 Å². The molecule has 2 aromatic rings. The summed E-state index contributed by atoms with van der Waals surface area (Å²) < 4.78 is 0. The average molecular weight is 322 g/mol. The predicted octanol–water partition coefficient (Wildman–Crippen LogP) is 2.15. The number of carbonyl (C=O) groups excluding carboxylic acids is 1. The van der Waals surface area contributed by atoms with Gasteiger partial charge in [0, 0.05) is 32.0 Å². The highest BCUT2D eigenvalue weighted by Gasteiger charge is 2.54. The summed E-state index contributed by atoms with van der Waals surface area (Å²) in [5, 5.41) is 0. The van der Waals surface area contributed by atoms with Crippen LogP contribution in [0.3, 0.4) is 0 Å². The highest BCUT2D eigenvalue weighted by molar-refractivity contribution is 6.03. The molecule has 0 unspecified atom stereocenters. The molecule has 0 N–H and O–H groups in total. The number of nitrogens with zero attached hydrogens (tertiary/aromatic N) is 4. The number of rotatable bonds is 4. The van der Waals surface area contributed by atoms with Gasteiger partial charge >= 0.3 is 0 Å². The SMILES string of the molecule is O=C1N(c2ncccn2)C[C@@]12CCCN(CCc1ccccc1)C2. The number of aromatic nitrogens is 2. The molecule has 124 valence electrons. The number of carbonyl (C=O) groups is 1. The molecule has 1 aromatic carbocycles. The van der Waals surface area contributed by atoms with Crippen LogP contribution in [0.25, 0.3) is 0 Å². The second-order valence-corrected chi connectivity index (χ2v) is 6.84. The fourth-order valence-electron chi connectivity index (χ4n) is 3.88. The Morgan fingerprint density at radius 2 is 1.83 bits per heavy atom. The normalized spacial score (nSPS) is 24.2. The van der Waals surface area contributed by atoms with Gasteiger partial charge in [-0.3, -0.25) is 9.69 Å². The molecule has 5 heteroatoms. The maximum atomic E-state index is 12.8. The van der Waals surface area contributed by atoms with Gasteiger partial charge in [-0.25, -0.2) is 9.97 Å². The first kappa shape index (κ1) is 15.3. The Morgan fingerprint density at radius 3 is 2.58 bits per heavy atom. The standard InChI is InChI=1S/C19H22N4O/c24-17-19(15-23(17)18-20-10-5-11-21-18)9-4-12-22(14-19)13-8-16-6-2-1-3-7-16/h1-3,5-7,10-11H,4,8-9,12-15H2/t19-/m0/s1. The summed E-state index contributed by atoms with van der Waals surface area (Å²) in [6.45, 7) is 3.71.